The molecule has 3 amide bonds. The number of urea groups is 1. The van der Waals surface area contributed by atoms with Gasteiger partial charge in [-0.3, -0.25) is 4.79 Å². The Bertz CT molecular complexity index is 520. The van der Waals surface area contributed by atoms with Crippen molar-refractivity contribution in [3.05, 3.63) is 29.8 Å². The fourth-order valence-corrected chi connectivity index (χ4v) is 2.28. The summed E-state index contributed by atoms with van der Waals surface area (Å²) < 4.78 is 0. The Morgan fingerprint density at radius 1 is 1.30 bits per heavy atom. The molecular weight excluding hydrogens is 254 g/mol. The van der Waals surface area contributed by atoms with E-state index >= 15 is 0 Å². The van der Waals surface area contributed by atoms with Gasteiger partial charge < -0.3 is 16.0 Å². The molecule has 5 nitrogen and oxygen atoms in total. The van der Waals surface area contributed by atoms with Crippen molar-refractivity contribution in [2.75, 3.05) is 11.9 Å². The second-order valence-electron chi connectivity index (χ2n) is 6.05. The number of anilines is 1. The Morgan fingerprint density at radius 3 is 2.70 bits per heavy atom. The smallest absolute Gasteiger partial charge is 0.315 e. The molecule has 108 valence electrons. The van der Waals surface area contributed by atoms with Gasteiger partial charge in [0.25, 0.3) is 0 Å². The molecule has 0 saturated heterocycles. The van der Waals surface area contributed by atoms with Crippen molar-refractivity contribution in [3.8, 4) is 0 Å². The van der Waals surface area contributed by atoms with Gasteiger partial charge in [0, 0.05) is 17.8 Å². The lowest BCUT2D eigenvalue weighted by Crippen LogP contribution is -2.46. The number of hydrogen-bond acceptors (Lipinski definition) is 2. The van der Waals surface area contributed by atoms with Crippen molar-refractivity contribution in [1.29, 1.82) is 0 Å². The topological polar surface area (TPSA) is 70.2 Å². The number of para-hydroxylation sites is 1. The third-order valence-corrected chi connectivity index (χ3v) is 3.12. The van der Waals surface area contributed by atoms with E-state index in [4.69, 9.17) is 0 Å². The van der Waals surface area contributed by atoms with Crippen molar-refractivity contribution in [2.24, 2.45) is 0 Å². The Morgan fingerprint density at radius 2 is 2.00 bits per heavy atom. The quantitative estimate of drug-likeness (QED) is 0.791. The summed E-state index contributed by atoms with van der Waals surface area (Å²) in [4.78, 5) is 23.5. The third kappa shape index (κ3) is 3.50. The number of amides is 3. The van der Waals surface area contributed by atoms with Gasteiger partial charge >= 0.3 is 6.03 Å². The van der Waals surface area contributed by atoms with Gasteiger partial charge in [0.1, 0.15) is 0 Å². The van der Waals surface area contributed by atoms with Crippen LogP contribution >= 0.6 is 0 Å². The van der Waals surface area contributed by atoms with Gasteiger partial charge in [-0.25, -0.2) is 4.79 Å². The van der Waals surface area contributed by atoms with Crippen LogP contribution in [-0.2, 0) is 4.79 Å². The van der Waals surface area contributed by atoms with Gasteiger partial charge in [-0.05, 0) is 38.8 Å². The molecule has 0 fully saturated rings. The summed E-state index contributed by atoms with van der Waals surface area (Å²) in [6.45, 7) is 6.24. The van der Waals surface area contributed by atoms with Crippen LogP contribution in [0.5, 0.6) is 0 Å². The zero-order chi connectivity index (χ0) is 14.8. The van der Waals surface area contributed by atoms with Crippen LogP contribution in [0.3, 0.4) is 0 Å². The van der Waals surface area contributed by atoms with E-state index in [2.05, 4.69) is 16.0 Å². The first-order chi connectivity index (χ1) is 9.37. The third-order valence-electron chi connectivity index (χ3n) is 3.12. The zero-order valence-corrected chi connectivity index (χ0v) is 12.1. The van der Waals surface area contributed by atoms with Crippen molar-refractivity contribution in [3.63, 3.8) is 0 Å². The molecule has 1 atom stereocenters. The highest BCUT2D eigenvalue weighted by Gasteiger charge is 2.29. The minimum atomic E-state index is -0.262. The summed E-state index contributed by atoms with van der Waals surface area (Å²) in [6, 6.07) is 7.46. The minimum Gasteiger partial charge on any atom is -0.338 e. The lowest BCUT2D eigenvalue weighted by atomic mass is 9.97. The maximum atomic E-state index is 11.9. The first-order valence-electron chi connectivity index (χ1n) is 6.82. The number of fused-ring (bicyclic) bond motifs is 1. The second kappa shape index (κ2) is 5.53. The molecule has 1 aliphatic heterocycles. The Balaban J connectivity index is 1.86. The average Bonchev–Trinajstić information content (AvgIpc) is 2.64. The molecule has 20 heavy (non-hydrogen) atoms. The van der Waals surface area contributed by atoms with Crippen LogP contribution < -0.4 is 16.0 Å². The maximum Gasteiger partial charge on any atom is 0.315 e. The number of hydrogen-bond donors (Lipinski definition) is 3. The van der Waals surface area contributed by atoms with E-state index in [1.165, 1.54) is 0 Å². The first-order valence-corrected chi connectivity index (χ1v) is 6.82. The standard InChI is InChI=1S/C15H21N3O2/c1-15(2,3)18-14(20)16-9-8-11-10-6-4-5-7-12(10)17-13(11)19/h4-7,11H,8-9H2,1-3H3,(H,17,19)(H2,16,18,20). The molecule has 0 aromatic heterocycles. The Kier molecular flexibility index (Phi) is 3.97. The molecule has 0 bridgehead atoms. The van der Waals surface area contributed by atoms with E-state index in [-0.39, 0.29) is 23.4 Å². The van der Waals surface area contributed by atoms with Crippen LogP contribution in [0.4, 0.5) is 10.5 Å². The number of benzene rings is 1. The summed E-state index contributed by atoms with van der Waals surface area (Å²) in [5.41, 5.74) is 1.62. The zero-order valence-electron chi connectivity index (χ0n) is 12.1. The predicted octanol–water partition coefficient (Wildman–Crippen LogP) is 2.21. The molecule has 2 rings (SSSR count). The predicted molar refractivity (Wildman–Crippen MR) is 78.7 cm³/mol. The summed E-state index contributed by atoms with van der Waals surface area (Å²) in [5, 5.41) is 8.47. The van der Waals surface area contributed by atoms with Gasteiger partial charge in [-0.2, -0.15) is 0 Å². The fraction of sp³-hybridized carbons (Fsp3) is 0.467. The van der Waals surface area contributed by atoms with E-state index in [0.29, 0.717) is 13.0 Å². The average molecular weight is 275 g/mol. The monoisotopic (exact) mass is 275 g/mol. The summed E-state index contributed by atoms with van der Waals surface area (Å²) in [6.07, 6.45) is 0.598. The van der Waals surface area contributed by atoms with E-state index in [0.717, 1.165) is 11.3 Å². The molecule has 0 aliphatic carbocycles. The Hall–Kier alpha value is -2.04. The highest BCUT2D eigenvalue weighted by atomic mass is 16.2. The van der Waals surface area contributed by atoms with E-state index in [1.807, 2.05) is 45.0 Å². The normalized spacial score (nSPS) is 17.4. The largest absolute Gasteiger partial charge is 0.338 e. The highest BCUT2D eigenvalue weighted by molar-refractivity contribution is 6.02. The molecule has 5 heteroatoms. The van der Waals surface area contributed by atoms with Crippen LogP contribution in [0.2, 0.25) is 0 Å². The van der Waals surface area contributed by atoms with Crippen LogP contribution in [-0.4, -0.2) is 24.0 Å². The van der Waals surface area contributed by atoms with Crippen molar-refractivity contribution in [2.45, 2.75) is 38.6 Å². The van der Waals surface area contributed by atoms with Gasteiger partial charge in [0.15, 0.2) is 0 Å². The highest BCUT2D eigenvalue weighted by Crippen LogP contribution is 2.33. The lowest BCUT2D eigenvalue weighted by Gasteiger charge is -2.21. The van der Waals surface area contributed by atoms with Gasteiger partial charge in [0.05, 0.1) is 5.92 Å². The number of nitrogens with one attached hydrogen (secondary N) is 3. The molecule has 1 aromatic rings. The molecule has 0 radical (unpaired) electrons. The number of rotatable bonds is 3. The SMILES string of the molecule is CC(C)(C)NC(=O)NCCC1C(=O)Nc2ccccc21. The molecule has 1 aliphatic rings. The molecule has 0 saturated carbocycles. The van der Waals surface area contributed by atoms with Crippen molar-refractivity contribution in [1.82, 2.24) is 10.6 Å². The minimum absolute atomic E-state index is 0.00392. The fourth-order valence-electron chi connectivity index (χ4n) is 2.28. The van der Waals surface area contributed by atoms with Gasteiger partial charge in [-0.15, -0.1) is 0 Å². The second-order valence-corrected chi connectivity index (χ2v) is 6.05. The Labute approximate surface area is 119 Å². The molecule has 1 unspecified atom stereocenters. The molecule has 1 heterocycles. The first kappa shape index (κ1) is 14.4. The van der Waals surface area contributed by atoms with Crippen LogP contribution in [0.1, 0.15) is 38.7 Å². The van der Waals surface area contributed by atoms with Crippen LogP contribution in [0.25, 0.3) is 0 Å². The lowest BCUT2D eigenvalue weighted by molar-refractivity contribution is -0.117. The summed E-state index contributed by atoms with van der Waals surface area (Å²) >= 11 is 0. The summed E-state index contributed by atoms with van der Waals surface area (Å²) in [7, 11) is 0. The van der Waals surface area contributed by atoms with Crippen LogP contribution in [0, 0.1) is 0 Å². The van der Waals surface area contributed by atoms with E-state index in [9.17, 15) is 9.59 Å². The molecule has 1 aromatic carbocycles. The van der Waals surface area contributed by atoms with Gasteiger partial charge in [-0.1, -0.05) is 18.2 Å². The summed E-state index contributed by atoms with van der Waals surface area (Å²) in [5.74, 6) is -0.176. The van der Waals surface area contributed by atoms with Crippen LogP contribution in [0.15, 0.2) is 24.3 Å². The van der Waals surface area contributed by atoms with E-state index < -0.39 is 0 Å². The van der Waals surface area contributed by atoms with Crippen molar-refractivity contribution >= 4 is 17.6 Å². The van der Waals surface area contributed by atoms with E-state index in [1.54, 1.807) is 0 Å². The van der Waals surface area contributed by atoms with Crippen molar-refractivity contribution < 1.29 is 9.59 Å². The molecular formula is C15H21N3O2. The molecule has 3 N–H and O–H groups in total. The van der Waals surface area contributed by atoms with Gasteiger partial charge in [0.2, 0.25) is 5.91 Å². The maximum absolute atomic E-state index is 11.9. The number of carbonyl (C=O) groups is 2. The molecule has 0 spiro atoms. The number of carbonyl (C=O) groups excluding carboxylic acids is 2.